The van der Waals surface area contributed by atoms with Crippen LogP contribution in [0.3, 0.4) is 0 Å². The van der Waals surface area contributed by atoms with Gasteiger partial charge in [0.1, 0.15) is 0 Å². The molecule has 1 aliphatic rings. The van der Waals surface area contributed by atoms with Crippen molar-refractivity contribution in [3.8, 4) is 0 Å². The van der Waals surface area contributed by atoms with Gasteiger partial charge in [-0.25, -0.2) is 0 Å². The molecule has 0 heterocycles. The topological polar surface area (TPSA) is 21.3 Å². The van der Waals surface area contributed by atoms with Crippen molar-refractivity contribution in [2.75, 3.05) is 19.7 Å². The first-order chi connectivity index (χ1) is 23.6. The Balaban J connectivity index is 2.18. The second-order valence-corrected chi connectivity index (χ2v) is 15.7. The van der Waals surface area contributed by atoms with E-state index in [1.165, 1.54) is 173 Å². The summed E-state index contributed by atoms with van der Waals surface area (Å²) >= 11 is 0. The van der Waals surface area contributed by atoms with Gasteiger partial charge in [-0.1, -0.05) is 192 Å². The average molecular weight is 668 g/mol. The van der Waals surface area contributed by atoms with Crippen LogP contribution >= 0.6 is 0 Å². The van der Waals surface area contributed by atoms with Gasteiger partial charge in [-0.2, -0.15) is 0 Å². The SMILES string of the molecule is CCCCC/C=C/C=C/CCCCCCCOC(CNCC1=CC=CCC1)C(C)CCCCCCCCCC(C)CC(C)CCCCC. The Morgan fingerprint density at radius 1 is 0.667 bits per heavy atom. The Morgan fingerprint density at radius 3 is 1.83 bits per heavy atom. The monoisotopic (exact) mass is 668 g/mol. The summed E-state index contributed by atoms with van der Waals surface area (Å²) in [5, 5.41) is 3.76. The van der Waals surface area contributed by atoms with Crippen molar-refractivity contribution < 1.29 is 4.74 Å². The Labute approximate surface area is 302 Å². The Morgan fingerprint density at radius 2 is 1.21 bits per heavy atom. The molecule has 0 saturated carbocycles. The van der Waals surface area contributed by atoms with Crippen molar-refractivity contribution in [1.29, 1.82) is 0 Å². The second-order valence-electron chi connectivity index (χ2n) is 15.7. The number of rotatable bonds is 35. The van der Waals surface area contributed by atoms with Crippen LogP contribution in [0.5, 0.6) is 0 Å². The lowest BCUT2D eigenvalue weighted by molar-refractivity contribution is 0.0132. The lowest BCUT2D eigenvalue weighted by atomic mass is 9.89. The largest absolute Gasteiger partial charge is 0.377 e. The minimum absolute atomic E-state index is 0.334. The van der Waals surface area contributed by atoms with Gasteiger partial charge in [0.2, 0.25) is 0 Å². The third kappa shape index (κ3) is 28.7. The molecular weight excluding hydrogens is 583 g/mol. The van der Waals surface area contributed by atoms with E-state index in [-0.39, 0.29) is 0 Å². The molecule has 0 aromatic heterocycles. The summed E-state index contributed by atoms with van der Waals surface area (Å²) in [7, 11) is 0. The van der Waals surface area contributed by atoms with Gasteiger partial charge in [-0.05, 0) is 75.5 Å². The first kappa shape index (κ1) is 44.9. The third-order valence-electron chi connectivity index (χ3n) is 10.6. The molecule has 1 rings (SSSR count). The van der Waals surface area contributed by atoms with Gasteiger partial charge in [-0.15, -0.1) is 0 Å². The van der Waals surface area contributed by atoms with E-state index in [1.807, 2.05) is 0 Å². The standard InChI is InChI=1S/C46H85NO/c1-6-8-10-11-12-13-14-15-16-17-18-22-25-32-38-48-46(41-47-40-45-36-30-26-31-37-45)44(5)35-29-24-21-19-20-23-28-34-43(4)39-42(3)33-27-9-7-2/h12-15,26,30,36,42-44,46-47H,6-11,16-25,27-29,31-35,37-41H2,1-5H3/b13-12+,15-14+. The fourth-order valence-corrected chi connectivity index (χ4v) is 7.28. The third-order valence-corrected chi connectivity index (χ3v) is 10.6. The zero-order valence-electron chi connectivity index (χ0n) is 33.3. The lowest BCUT2D eigenvalue weighted by Gasteiger charge is -2.25. The average Bonchev–Trinajstić information content (AvgIpc) is 3.08. The normalized spacial score (nSPS) is 16.1. The quantitative estimate of drug-likeness (QED) is 0.0536. The fourth-order valence-electron chi connectivity index (χ4n) is 7.28. The van der Waals surface area contributed by atoms with Gasteiger partial charge < -0.3 is 10.1 Å². The van der Waals surface area contributed by atoms with Crippen molar-refractivity contribution in [1.82, 2.24) is 5.32 Å². The first-order valence-corrected chi connectivity index (χ1v) is 21.5. The van der Waals surface area contributed by atoms with E-state index in [0.29, 0.717) is 12.0 Å². The summed E-state index contributed by atoms with van der Waals surface area (Å²) in [4.78, 5) is 0. The molecule has 2 heteroatoms. The van der Waals surface area contributed by atoms with Crippen molar-refractivity contribution in [2.45, 2.75) is 208 Å². The zero-order valence-corrected chi connectivity index (χ0v) is 33.3. The molecule has 1 N–H and O–H groups in total. The molecule has 0 aromatic rings. The van der Waals surface area contributed by atoms with E-state index in [1.54, 1.807) is 0 Å². The lowest BCUT2D eigenvalue weighted by Crippen LogP contribution is -2.35. The Kier molecular flexibility index (Phi) is 32.1. The highest BCUT2D eigenvalue weighted by Crippen LogP contribution is 2.23. The zero-order chi connectivity index (χ0) is 34.8. The Hall–Kier alpha value is -1.12. The maximum Gasteiger partial charge on any atom is 0.0724 e. The van der Waals surface area contributed by atoms with Gasteiger partial charge >= 0.3 is 0 Å². The second kappa shape index (κ2) is 34.3. The molecule has 4 unspecified atom stereocenters. The molecule has 0 spiro atoms. The van der Waals surface area contributed by atoms with Crippen LogP contribution in [0.1, 0.15) is 202 Å². The molecule has 1 aliphatic carbocycles. The van der Waals surface area contributed by atoms with Crippen LogP contribution in [-0.4, -0.2) is 25.8 Å². The van der Waals surface area contributed by atoms with E-state index in [2.05, 4.69) is 82.5 Å². The molecular formula is C46H85NO. The predicted molar refractivity (Wildman–Crippen MR) is 217 cm³/mol. The van der Waals surface area contributed by atoms with Crippen molar-refractivity contribution >= 4 is 0 Å². The summed E-state index contributed by atoms with van der Waals surface area (Å²) in [5.74, 6) is 2.45. The van der Waals surface area contributed by atoms with E-state index in [4.69, 9.17) is 4.74 Å². The molecule has 0 saturated heterocycles. The summed E-state index contributed by atoms with van der Waals surface area (Å²) in [6, 6.07) is 0. The van der Waals surface area contributed by atoms with Crippen molar-refractivity contribution in [3.05, 3.63) is 48.1 Å². The molecule has 0 radical (unpaired) electrons. The molecule has 0 amide bonds. The number of ether oxygens (including phenoxy) is 1. The van der Waals surface area contributed by atoms with Gasteiger partial charge in [0.05, 0.1) is 6.10 Å². The van der Waals surface area contributed by atoms with Gasteiger partial charge in [-0.3, -0.25) is 0 Å². The number of nitrogens with one attached hydrogen (secondary N) is 1. The molecule has 2 nitrogen and oxygen atoms in total. The van der Waals surface area contributed by atoms with Gasteiger partial charge in [0, 0.05) is 19.7 Å². The summed E-state index contributed by atoms with van der Waals surface area (Å²) in [6.07, 6.45) is 51.3. The van der Waals surface area contributed by atoms with E-state index in [0.717, 1.165) is 31.5 Å². The van der Waals surface area contributed by atoms with E-state index < -0.39 is 0 Å². The number of hydrogen-bond donors (Lipinski definition) is 1. The van der Waals surface area contributed by atoms with Crippen LogP contribution < -0.4 is 5.32 Å². The van der Waals surface area contributed by atoms with Crippen molar-refractivity contribution in [3.63, 3.8) is 0 Å². The van der Waals surface area contributed by atoms with Gasteiger partial charge in [0.25, 0.3) is 0 Å². The predicted octanol–water partition coefficient (Wildman–Crippen LogP) is 14.7. The van der Waals surface area contributed by atoms with E-state index in [9.17, 15) is 0 Å². The molecule has 4 atom stereocenters. The summed E-state index contributed by atoms with van der Waals surface area (Å²) < 4.78 is 6.58. The fraction of sp³-hybridized carbons (Fsp3) is 0.826. The minimum atomic E-state index is 0.334. The van der Waals surface area contributed by atoms with E-state index >= 15 is 0 Å². The summed E-state index contributed by atoms with van der Waals surface area (Å²) in [6.45, 7) is 14.9. The molecule has 0 aromatic carbocycles. The smallest absolute Gasteiger partial charge is 0.0724 e. The van der Waals surface area contributed by atoms with Crippen LogP contribution in [0.15, 0.2) is 48.1 Å². The molecule has 48 heavy (non-hydrogen) atoms. The molecule has 0 aliphatic heterocycles. The van der Waals surface area contributed by atoms with Crippen LogP contribution in [0.4, 0.5) is 0 Å². The maximum atomic E-state index is 6.58. The minimum Gasteiger partial charge on any atom is -0.377 e. The summed E-state index contributed by atoms with van der Waals surface area (Å²) in [5.41, 5.74) is 1.54. The van der Waals surface area contributed by atoms with Crippen LogP contribution in [0.2, 0.25) is 0 Å². The molecule has 0 bridgehead atoms. The highest BCUT2D eigenvalue weighted by atomic mass is 16.5. The molecule has 280 valence electrons. The van der Waals surface area contributed by atoms with Gasteiger partial charge in [0.15, 0.2) is 0 Å². The number of hydrogen-bond acceptors (Lipinski definition) is 2. The number of allylic oxidation sites excluding steroid dienone is 7. The van der Waals surface area contributed by atoms with Crippen LogP contribution in [0.25, 0.3) is 0 Å². The Bertz CT molecular complexity index is 794. The highest BCUT2D eigenvalue weighted by Gasteiger charge is 2.18. The molecule has 0 fully saturated rings. The highest BCUT2D eigenvalue weighted by molar-refractivity contribution is 5.18. The maximum absolute atomic E-state index is 6.58. The van der Waals surface area contributed by atoms with Crippen LogP contribution in [-0.2, 0) is 4.74 Å². The number of unbranched alkanes of at least 4 members (excludes halogenated alkanes) is 16. The first-order valence-electron chi connectivity index (χ1n) is 21.5. The van der Waals surface area contributed by atoms with Crippen molar-refractivity contribution in [2.24, 2.45) is 17.8 Å². The van der Waals surface area contributed by atoms with Crippen LogP contribution in [0, 0.1) is 17.8 Å².